The third-order valence-electron chi connectivity index (χ3n) is 9.35. The molecule has 56 heavy (non-hydrogen) atoms. The van der Waals surface area contributed by atoms with Crippen LogP contribution in [0.3, 0.4) is 0 Å². The lowest BCUT2D eigenvalue weighted by Gasteiger charge is -2.31. The van der Waals surface area contributed by atoms with E-state index in [1.54, 1.807) is 17.9 Å². The molecule has 1 unspecified atom stereocenters. The van der Waals surface area contributed by atoms with Gasteiger partial charge in [0.15, 0.2) is 0 Å². The molecule has 0 amide bonds. The molecule has 0 saturated heterocycles. The molecule has 4 aromatic rings. The van der Waals surface area contributed by atoms with Crippen molar-refractivity contribution in [2.45, 2.75) is 64.8 Å². The Morgan fingerprint density at radius 2 is 1.29 bits per heavy atom. The van der Waals surface area contributed by atoms with Crippen LogP contribution in [-0.4, -0.2) is 55.1 Å². The number of fused-ring (bicyclic) bond motifs is 2. The summed E-state index contributed by atoms with van der Waals surface area (Å²) >= 11 is 0. The van der Waals surface area contributed by atoms with Gasteiger partial charge in [-0.1, -0.05) is 43.3 Å². The van der Waals surface area contributed by atoms with Crippen molar-refractivity contribution < 1.29 is 64.7 Å². The van der Waals surface area contributed by atoms with Crippen LogP contribution in [0.4, 0.5) is 42.1 Å². The maximum absolute atomic E-state index is 14.2. The topological polar surface area (TPSA) is 109 Å². The van der Waals surface area contributed by atoms with Crippen LogP contribution >= 0.6 is 0 Å². The maximum atomic E-state index is 14.2. The fourth-order valence-corrected chi connectivity index (χ4v) is 6.59. The van der Waals surface area contributed by atoms with Crippen molar-refractivity contribution in [1.29, 1.82) is 0 Å². The SMILES string of the molecule is CC(Cc1ccc2c(c1)CCN(c1cc(OC(F)(F)F)ccc1F)C2)C(=O)O.COc1cc(OC(F)(F)F)cc(N2CCc3cc(CCC(=O)O)ccc3C2)c1. The van der Waals surface area contributed by atoms with Gasteiger partial charge in [-0.2, -0.15) is 0 Å². The van der Waals surface area contributed by atoms with Gasteiger partial charge in [0.2, 0.25) is 0 Å². The third kappa shape index (κ3) is 11.7. The Morgan fingerprint density at radius 3 is 1.89 bits per heavy atom. The molecule has 0 bridgehead atoms. The van der Waals surface area contributed by atoms with Crippen molar-refractivity contribution >= 4 is 23.3 Å². The highest BCUT2D eigenvalue weighted by Crippen LogP contribution is 2.35. The molecule has 0 aliphatic carbocycles. The van der Waals surface area contributed by atoms with E-state index in [1.807, 2.05) is 41.3 Å². The van der Waals surface area contributed by atoms with Crippen molar-refractivity contribution in [1.82, 2.24) is 0 Å². The lowest BCUT2D eigenvalue weighted by atomic mass is 9.93. The number of nitrogens with zero attached hydrogens (tertiary/aromatic N) is 2. The predicted molar refractivity (Wildman–Crippen MR) is 192 cm³/mol. The second-order valence-corrected chi connectivity index (χ2v) is 13.5. The van der Waals surface area contributed by atoms with E-state index in [4.69, 9.17) is 14.9 Å². The molecule has 300 valence electrons. The van der Waals surface area contributed by atoms with Gasteiger partial charge in [0.05, 0.1) is 18.7 Å². The Bertz CT molecular complexity index is 2040. The van der Waals surface area contributed by atoms with Crippen LogP contribution in [0, 0.1) is 11.7 Å². The molecule has 0 aromatic heterocycles. The Labute approximate surface area is 317 Å². The van der Waals surface area contributed by atoms with Crippen molar-refractivity contribution in [3.63, 3.8) is 0 Å². The number of methoxy groups -OCH3 is 1. The van der Waals surface area contributed by atoms with Gasteiger partial charge in [0, 0.05) is 62.6 Å². The van der Waals surface area contributed by atoms with Gasteiger partial charge in [0.1, 0.15) is 23.1 Å². The Balaban J connectivity index is 0.000000214. The fourth-order valence-electron chi connectivity index (χ4n) is 6.59. The summed E-state index contributed by atoms with van der Waals surface area (Å²) in [5.41, 5.74) is 6.68. The number of carbonyl (C=O) groups is 2. The monoisotopic (exact) mass is 792 g/mol. The standard InChI is InChI=1S/C20H19F4NO3.C20H20F3NO4/c1-12(19(26)27)8-13-2-3-15-11-25(7-6-14(15)9-13)18-10-16(4-5-17(18)21)28-20(22,23)24;1-27-17-9-16(10-18(11-17)28-20(21,22)23)24-7-6-14-8-13(3-5-19(25)26)2-4-15(14)12-24/h2-5,9-10,12H,6-8,11H2,1H3,(H,26,27);2,4,8-11H,3,5-7,12H2,1H3,(H,25,26). The quantitative estimate of drug-likeness (QED) is 0.144. The number of aliphatic carboxylic acids is 2. The van der Waals surface area contributed by atoms with Crippen LogP contribution in [0.2, 0.25) is 0 Å². The van der Waals surface area contributed by atoms with E-state index in [2.05, 4.69) is 9.47 Å². The molecule has 2 aliphatic heterocycles. The average molecular weight is 793 g/mol. The summed E-state index contributed by atoms with van der Waals surface area (Å²) in [6.07, 6.45) is -7.36. The summed E-state index contributed by atoms with van der Waals surface area (Å²) < 4.78 is 102. The Hall–Kier alpha value is -5.67. The van der Waals surface area contributed by atoms with Crippen LogP contribution in [0.25, 0.3) is 0 Å². The molecule has 6 rings (SSSR count). The largest absolute Gasteiger partial charge is 0.573 e. The van der Waals surface area contributed by atoms with Gasteiger partial charge in [0.25, 0.3) is 0 Å². The minimum Gasteiger partial charge on any atom is -0.497 e. The number of rotatable bonds is 11. The van der Waals surface area contributed by atoms with Crippen molar-refractivity contribution in [3.05, 3.63) is 112 Å². The molecular formula is C40H39F7N2O7. The zero-order valence-electron chi connectivity index (χ0n) is 30.3. The molecule has 1 atom stereocenters. The Morgan fingerprint density at radius 1 is 0.714 bits per heavy atom. The summed E-state index contributed by atoms with van der Waals surface area (Å²) in [6, 6.07) is 18.7. The van der Waals surface area contributed by atoms with Gasteiger partial charge in [-0.3, -0.25) is 9.59 Å². The zero-order valence-corrected chi connectivity index (χ0v) is 30.3. The summed E-state index contributed by atoms with van der Waals surface area (Å²) in [5, 5.41) is 17.9. The smallest absolute Gasteiger partial charge is 0.497 e. The summed E-state index contributed by atoms with van der Waals surface area (Å²) in [5.74, 6) is -3.32. The number of alkyl halides is 6. The molecule has 2 N–H and O–H groups in total. The van der Waals surface area contributed by atoms with Crippen LogP contribution in [0.1, 0.15) is 46.7 Å². The van der Waals surface area contributed by atoms with E-state index in [1.165, 1.54) is 19.2 Å². The summed E-state index contributed by atoms with van der Waals surface area (Å²) in [7, 11) is 1.39. The first kappa shape index (κ1) is 41.5. The Kier molecular flexibility index (Phi) is 12.9. The molecule has 0 saturated carbocycles. The maximum Gasteiger partial charge on any atom is 0.573 e. The van der Waals surface area contributed by atoms with Gasteiger partial charge >= 0.3 is 24.7 Å². The van der Waals surface area contributed by atoms with Crippen LogP contribution in [0.5, 0.6) is 17.2 Å². The number of halogens is 7. The molecule has 2 aliphatic rings. The van der Waals surface area contributed by atoms with Gasteiger partial charge in [-0.25, -0.2) is 4.39 Å². The number of anilines is 2. The van der Waals surface area contributed by atoms with Gasteiger partial charge in [-0.05, 0) is 71.2 Å². The van der Waals surface area contributed by atoms with E-state index in [0.717, 1.165) is 51.6 Å². The number of ether oxygens (including phenoxy) is 3. The number of hydrogen-bond acceptors (Lipinski definition) is 7. The molecular weight excluding hydrogens is 753 g/mol. The lowest BCUT2D eigenvalue weighted by Crippen LogP contribution is -2.31. The van der Waals surface area contributed by atoms with E-state index in [-0.39, 0.29) is 23.6 Å². The second kappa shape index (κ2) is 17.4. The first-order valence-corrected chi connectivity index (χ1v) is 17.5. The van der Waals surface area contributed by atoms with Crippen molar-refractivity contribution in [2.75, 3.05) is 30.0 Å². The highest BCUT2D eigenvalue weighted by Gasteiger charge is 2.33. The van der Waals surface area contributed by atoms with Gasteiger partial charge < -0.3 is 34.2 Å². The lowest BCUT2D eigenvalue weighted by molar-refractivity contribution is -0.275. The fraction of sp³-hybridized carbons (Fsp3) is 0.350. The number of hydrogen-bond donors (Lipinski definition) is 2. The van der Waals surface area contributed by atoms with E-state index in [9.17, 15) is 40.3 Å². The molecule has 0 spiro atoms. The van der Waals surface area contributed by atoms with Gasteiger partial charge in [-0.15, -0.1) is 26.3 Å². The molecule has 16 heteroatoms. The van der Waals surface area contributed by atoms with E-state index >= 15 is 0 Å². The molecule has 2 heterocycles. The summed E-state index contributed by atoms with van der Waals surface area (Å²) in [6.45, 7) is 3.57. The first-order chi connectivity index (χ1) is 26.4. The van der Waals surface area contributed by atoms with Crippen LogP contribution in [0.15, 0.2) is 72.8 Å². The minimum atomic E-state index is -4.84. The second-order valence-electron chi connectivity index (χ2n) is 13.5. The predicted octanol–water partition coefficient (Wildman–Crippen LogP) is 8.72. The third-order valence-corrected chi connectivity index (χ3v) is 9.35. The number of carboxylic acids is 2. The van der Waals surface area contributed by atoms with Crippen LogP contribution in [-0.2, 0) is 48.4 Å². The first-order valence-electron chi connectivity index (χ1n) is 17.5. The molecule has 0 radical (unpaired) electrons. The highest BCUT2D eigenvalue weighted by atomic mass is 19.4. The highest BCUT2D eigenvalue weighted by molar-refractivity contribution is 5.70. The van der Waals surface area contributed by atoms with E-state index < -0.39 is 42.1 Å². The minimum absolute atomic E-state index is 0.0518. The normalized spacial score (nSPS) is 14.4. The van der Waals surface area contributed by atoms with Crippen molar-refractivity contribution in [2.24, 2.45) is 5.92 Å². The number of benzene rings is 4. The molecule has 4 aromatic carbocycles. The number of aryl methyl sites for hydroxylation is 1. The molecule has 9 nitrogen and oxygen atoms in total. The zero-order chi connectivity index (χ0) is 40.8. The summed E-state index contributed by atoms with van der Waals surface area (Å²) in [4.78, 5) is 25.4. The average Bonchev–Trinajstić information content (AvgIpc) is 3.13. The van der Waals surface area contributed by atoms with Crippen LogP contribution < -0.4 is 24.0 Å². The number of carboxylic acid groups (broad SMARTS) is 2. The van der Waals surface area contributed by atoms with Crippen molar-refractivity contribution in [3.8, 4) is 17.2 Å². The van der Waals surface area contributed by atoms with E-state index in [0.29, 0.717) is 57.5 Å². The molecule has 0 fully saturated rings.